The summed E-state index contributed by atoms with van der Waals surface area (Å²) in [7, 11) is 0. The first-order valence-electron chi connectivity index (χ1n) is 6.46. The van der Waals surface area contributed by atoms with E-state index in [1.165, 1.54) is 12.8 Å². The molecule has 0 unspecified atom stereocenters. The fourth-order valence-corrected chi connectivity index (χ4v) is 1.94. The first-order chi connectivity index (χ1) is 7.97. The van der Waals surface area contributed by atoms with Crippen molar-refractivity contribution >= 4 is 17.7 Å². The van der Waals surface area contributed by atoms with Gasteiger partial charge in [0, 0.05) is 24.5 Å². The molecule has 0 bridgehead atoms. The number of rotatable bonds is 8. The molecule has 0 saturated heterocycles. The molecule has 17 heavy (non-hydrogen) atoms. The second-order valence-electron chi connectivity index (χ2n) is 5.62. The highest BCUT2D eigenvalue weighted by Gasteiger charge is 2.20. The molecule has 1 rings (SSSR count). The fourth-order valence-electron chi connectivity index (χ4n) is 1.27. The molecule has 0 spiro atoms. The Kier molecular flexibility index (Phi) is 6.34. The van der Waals surface area contributed by atoms with Crippen molar-refractivity contribution in [2.24, 2.45) is 5.92 Å². The minimum absolute atomic E-state index is 0.132. The Bertz CT molecular complexity index is 234. The minimum atomic E-state index is 0.132. The van der Waals surface area contributed by atoms with Crippen LogP contribution in [0.5, 0.6) is 0 Å². The zero-order chi connectivity index (χ0) is 12.7. The largest absolute Gasteiger partial charge is 0.381 e. The molecule has 4 heteroatoms. The SMILES string of the molecule is CC(C)(C)SCC(=O)NCCCOCC1CC1. The Hall–Kier alpha value is -0.220. The topological polar surface area (TPSA) is 38.3 Å². The van der Waals surface area contributed by atoms with E-state index in [2.05, 4.69) is 26.1 Å². The summed E-state index contributed by atoms with van der Waals surface area (Å²) in [5, 5.41) is 2.92. The number of hydrogen-bond acceptors (Lipinski definition) is 3. The van der Waals surface area contributed by atoms with Gasteiger partial charge in [0.2, 0.25) is 5.91 Å². The van der Waals surface area contributed by atoms with Gasteiger partial charge in [0.1, 0.15) is 0 Å². The van der Waals surface area contributed by atoms with Gasteiger partial charge in [-0.25, -0.2) is 0 Å². The molecular formula is C13H25NO2S. The maximum Gasteiger partial charge on any atom is 0.230 e. The normalized spacial score (nSPS) is 15.9. The summed E-state index contributed by atoms with van der Waals surface area (Å²) in [6, 6.07) is 0. The van der Waals surface area contributed by atoms with Crippen LogP contribution in [0.25, 0.3) is 0 Å². The molecule has 0 aliphatic heterocycles. The Balaban J connectivity index is 1.85. The smallest absolute Gasteiger partial charge is 0.230 e. The van der Waals surface area contributed by atoms with E-state index < -0.39 is 0 Å². The van der Waals surface area contributed by atoms with Crippen LogP contribution < -0.4 is 5.32 Å². The summed E-state index contributed by atoms with van der Waals surface area (Å²) in [4.78, 5) is 11.5. The van der Waals surface area contributed by atoms with E-state index in [1.54, 1.807) is 11.8 Å². The Labute approximate surface area is 109 Å². The summed E-state index contributed by atoms with van der Waals surface area (Å²) in [5.74, 6) is 1.51. The van der Waals surface area contributed by atoms with Gasteiger partial charge < -0.3 is 10.1 Å². The highest BCUT2D eigenvalue weighted by molar-refractivity contribution is 8.01. The molecule has 1 fully saturated rings. The zero-order valence-corrected chi connectivity index (χ0v) is 12.1. The number of carbonyl (C=O) groups is 1. The molecule has 1 N–H and O–H groups in total. The van der Waals surface area contributed by atoms with Crippen molar-refractivity contribution in [2.45, 2.75) is 44.8 Å². The molecule has 1 amide bonds. The van der Waals surface area contributed by atoms with Gasteiger partial charge in [-0.05, 0) is 25.2 Å². The average Bonchev–Trinajstić information content (AvgIpc) is 3.03. The molecule has 0 atom stereocenters. The van der Waals surface area contributed by atoms with Crippen molar-refractivity contribution in [3.63, 3.8) is 0 Å². The Morgan fingerprint density at radius 1 is 1.41 bits per heavy atom. The fraction of sp³-hybridized carbons (Fsp3) is 0.923. The molecule has 0 aromatic rings. The highest BCUT2D eigenvalue weighted by atomic mass is 32.2. The van der Waals surface area contributed by atoms with E-state index in [0.29, 0.717) is 5.75 Å². The van der Waals surface area contributed by atoms with Gasteiger partial charge in [-0.2, -0.15) is 0 Å². The van der Waals surface area contributed by atoms with Crippen LogP contribution in [0.2, 0.25) is 0 Å². The summed E-state index contributed by atoms with van der Waals surface area (Å²) >= 11 is 1.68. The minimum Gasteiger partial charge on any atom is -0.381 e. The standard InChI is InChI=1S/C13H25NO2S/c1-13(2,3)17-10-12(15)14-7-4-8-16-9-11-5-6-11/h11H,4-10H2,1-3H3,(H,14,15). The number of carbonyl (C=O) groups excluding carboxylic acids is 1. The Morgan fingerprint density at radius 3 is 2.71 bits per heavy atom. The van der Waals surface area contributed by atoms with Crippen molar-refractivity contribution in [2.75, 3.05) is 25.5 Å². The summed E-state index contributed by atoms with van der Waals surface area (Å²) in [5.41, 5.74) is 0. The monoisotopic (exact) mass is 259 g/mol. The maximum atomic E-state index is 11.5. The first-order valence-corrected chi connectivity index (χ1v) is 7.44. The molecule has 0 aromatic heterocycles. The van der Waals surface area contributed by atoms with E-state index >= 15 is 0 Å². The zero-order valence-electron chi connectivity index (χ0n) is 11.3. The lowest BCUT2D eigenvalue weighted by atomic mass is 10.3. The van der Waals surface area contributed by atoms with Crippen LogP contribution in [0.1, 0.15) is 40.0 Å². The third kappa shape index (κ3) is 9.48. The van der Waals surface area contributed by atoms with Crippen molar-refractivity contribution < 1.29 is 9.53 Å². The third-order valence-electron chi connectivity index (χ3n) is 2.47. The Morgan fingerprint density at radius 2 is 2.12 bits per heavy atom. The number of nitrogens with one attached hydrogen (secondary N) is 1. The molecule has 0 aromatic carbocycles. The molecule has 100 valence electrons. The molecular weight excluding hydrogens is 234 g/mol. The van der Waals surface area contributed by atoms with Gasteiger partial charge in [0.05, 0.1) is 5.75 Å². The predicted molar refractivity (Wildman–Crippen MR) is 73.4 cm³/mol. The first kappa shape index (κ1) is 14.8. The number of ether oxygens (including phenoxy) is 1. The van der Waals surface area contributed by atoms with Crippen LogP contribution in [0.4, 0.5) is 0 Å². The summed E-state index contributed by atoms with van der Waals surface area (Å²) < 4.78 is 5.65. The van der Waals surface area contributed by atoms with E-state index in [0.717, 1.165) is 32.1 Å². The predicted octanol–water partition coefficient (Wildman–Crippen LogP) is 2.45. The number of amides is 1. The van der Waals surface area contributed by atoms with E-state index in [1.807, 2.05) is 0 Å². The molecule has 1 aliphatic rings. The van der Waals surface area contributed by atoms with Gasteiger partial charge in [-0.1, -0.05) is 20.8 Å². The molecule has 1 aliphatic carbocycles. The van der Waals surface area contributed by atoms with Gasteiger partial charge in [0.15, 0.2) is 0 Å². The number of thioether (sulfide) groups is 1. The maximum absolute atomic E-state index is 11.5. The van der Waals surface area contributed by atoms with Crippen LogP contribution >= 0.6 is 11.8 Å². The quantitative estimate of drug-likeness (QED) is 0.681. The van der Waals surface area contributed by atoms with Gasteiger partial charge >= 0.3 is 0 Å². The van der Waals surface area contributed by atoms with Crippen LogP contribution in [-0.4, -0.2) is 36.2 Å². The average molecular weight is 259 g/mol. The molecule has 1 saturated carbocycles. The van der Waals surface area contributed by atoms with Crippen LogP contribution in [-0.2, 0) is 9.53 Å². The van der Waals surface area contributed by atoms with Crippen molar-refractivity contribution in [3.8, 4) is 0 Å². The van der Waals surface area contributed by atoms with E-state index in [-0.39, 0.29) is 10.7 Å². The van der Waals surface area contributed by atoms with E-state index in [9.17, 15) is 4.79 Å². The van der Waals surface area contributed by atoms with Crippen LogP contribution in [0, 0.1) is 5.92 Å². The van der Waals surface area contributed by atoms with Crippen molar-refractivity contribution in [1.29, 1.82) is 0 Å². The second-order valence-corrected chi connectivity index (χ2v) is 7.42. The lowest BCUT2D eigenvalue weighted by Crippen LogP contribution is -2.28. The molecule has 3 nitrogen and oxygen atoms in total. The van der Waals surface area contributed by atoms with Crippen LogP contribution in [0.3, 0.4) is 0 Å². The van der Waals surface area contributed by atoms with Crippen LogP contribution in [0.15, 0.2) is 0 Å². The second kappa shape index (κ2) is 7.27. The van der Waals surface area contributed by atoms with Crippen molar-refractivity contribution in [3.05, 3.63) is 0 Å². The molecule has 0 heterocycles. The lowest BCUT2D eigenvalue weighted by Gasteiger charge is -2.16. The van der Waals surface area contributed by atoms with Gasteiger partial charge in [-0.15, -0.1) is 11.8 Å². The van der Waals surface area contributed by atoms with Gasteiger partial charge in [-0.3, -0.25) is 4.79 Å². The summed E-state index contributed by atoms with van der Waals surface area (Å²) in [6.45, 7) is 8.77. The summed E-state index contributed by atoms with van der Waals surface area (Å²) in [6.07, 6.45) is 3.58. The van der Waals surface area contributed by atoms with Crippen molar-refractivity contribution in [1.82, 2.24) is 5.32 Å². The third-order valence-corrected chi connectivity index (χ3v) is 3.75. The van der Waals surface area contributed by atoms with Gasteiger partial charge in [0.25, 0.3) is 0 Å². The molecule has 0 radical (unpaired) electrons. The lowest BCUT2D eigenvalue weighted by molar-refractivity contribution is -0.118. The number of hydrogen-bond donors (Lipinski definition) is 1. The van der Waals surface area contributed by atoms with E-state index in [4.69, 9.17) is 4.74 Å². The highest BCUT2D eigenvalue weighted by Crippen LogP contribution is 2.28.